The van der Waals surface area contributed by atoms with Crippen LogP contribution >= 0.6 is 0 Å². The number of rotatable bonds is 4. The van der Waals surface area contributed by atoms with Crippen molar-refractivity contribution in [3.63, 3.8) is 0 Å². The summed E-state index contributed by atoms with van der Waals surface area (Å²) in [5, 5.41) is 9.14. The molecule has 2 aliphatic rings. The van der Waals surface area contributed by atoms with E-state index in [0.717, 1.165) is 13.0 Å². The van der Waals surface area contributed by atoms with Crippen LogP contribution in [0.4, 0.5) is 5.69 Å². The Morgan fingerprint density at radius 3 is 2.81 bits per heavy atom. The molecular weight excluding hydrogens is 262 g/mol. The van der Waals surface area contributed by atoms with Crippen molar-refractivity contribution >= 4 is 11.7 Å². The largest absolute Gasteiger partial charge is 0.481 e. The molecule has 0 amide bonds. The van der Waals surface area contributed by atoms with Gasteiger partial charge in [-0.1, -0.05) is 38.3 Å². The molecule has 3 rings (SSSR count). The molecule has 1 aliphatic heterocycles. The molecule has 1 aromatic carbocycles. The van der Waals surface area contributed by atoms with Crippen LogP contribution in [-0.4, -0.2) is 23.7 Å². The third-order valence-corrected chi connectivity index (χ3v) is 5.12. The van der Waals surface area contributed by atoms with E-state index in [9.17, 15) is 4.79 Å². The molecular formula is C18H25NO2. The highest BCUT2D eigenvalue weighted by molar-refractivity contribution is 5.70. The topological polar surface area (TPSA) is 40.5 Å². The molecule has 21 heavy (non-hydrogen) atoms. The minimum absolute atomic E-state index is 0.305. The van der Waals surface area contributed by atoms with E-state index in [-0.39, 0.29) is 5.92 Å². The summed E-state index contributed by atoms with van der Waals surface area (Å²) >= 11 is 0. The number of benzene rings is 1. The van der Waals surface area contributed by atoms with Crippen molar-refractivity contribution in [3.8, 4) is 0 Å². The van der Waals surface area contributed by atoms with Crippen LogP contribution < -0.4 is 4.90 Å². The Morgan fingerprint density at radius 1 is 1.33 bits per heavy atom. The summed E-state index contributed by atoms with van der Waals surface area (Å²) in [5.74, 6) is -1.00. The molecule has 0 bridgehead atoms. The summed E-state index contributed by atoms with van der Waals surface area (Å²) in [5.41, 5.74) is 4.01. The van der Waals surface area contributed by atoms with Crippen LogP contribution in [0.5, 0.6) is 0 Å². The van der Waals surface area contributed by atoms with Gasteiger partial charge in [-0.25, -0.2) is 0 Å². The van der Waals surface area contributed by atoms with Gasteiger partial charge in [-0.15, -0.1) is 0 Å². The van der Waals surface area contributed by atoms with Gasteiger partial charge in [-0.2, -0.15) is 0 Å². The van der Waals surface area contributed by atoms with Gasteiger partial charge >= 0.3 is 5.97 Å². The first-order valence-corrected chi connectivity index (χ1v) is 8.27. The van der Waals surface area contributed by atoms with Gasteiger partial charge in [-0.05, 0) is 42.9 Å². The highest BCUT2D eigenvalue weighted by Gasteiger charge is 2.29. The molecule has 1 heterocycles. The quantitative estimate of drug-likeness (QED) is 0.919. The molecule has 0 saturated heterocycles. The van der Waals surface area contributed by atoms with Crippen molar-refractivity contribution in [2.45, 2.75) is 57.9 Å². The molecule has 1 atom stereocenters. The number of aliphatic carboxylic acids is 1. The van der Waals surface area contributed by atoms with E-state index in [0.29, 0.717) is 12.5 Å². The van der Waals surface area contributed by atoms with Gasteiger partial charge in [0.25, 0.3) is 0 Å². The van der Waals surface area contributed by atoms with Crippen molar-refractivity contribution in [1.82, 2.24) is 0 Å². The number of hydrogen-bond acceptors (Lipinski definition) is 2. The zero-order valence-electron chi connectivity index (χ0n) is 12.8. The second kappa shape index (κ2) is 6.08. The Hall–Kier alpha value is -1.51. The number of carboxylic acids is 1. The number of carbonyl (C=O) groups is 1. The zero-order valence-corrected chi connectivity index (χ0v) is 12.8. The predicted octanol–water partition coefficient (Wildman–Crippen LogP) is 3.65. The molecule has 1 saturated carbocycles. The highest BCUT2D eigenvalue weighted by Crippen LogP contribution is 2.36. The highest BCUT2D eigenvalue weighted by atomic mass is 16.4. The van der Waals surface area contributed by atoms with Crippen LogP contribution in [0.2, 0.25) is 0 Å². The number of fused-ring (bicyclic) bond motifs is 1. The maximum Gasteiger partial charge on any atom is 0.306 e. The van der Waals surface area contributed by atoms with E-state index in [4.69, 9.17) is 5.11 Å². The van der Waals surface area contributed by atoms with E-state index in [1.165, 1.54) is 48.9 Å². The first-order chi connectivity index (χ1) is 10.2. The van der Waals surface area contributed by atoms with Gasteiger partial charge in [0, 0.05) is 18.3 Å². The number of carboxylic acid groups (broad SMARTS) is 1. The van der Waals surface area contributed by atoms with Crippen LogP contribution in [0.25, 0.3) is 0 Å². The molecule has 3 heteroatoms. The minimum Gasteiger partial charge on any atom is -0.481 e. The normalized spacial score (nSPS) is 20.3. The lowest BCUT2D eigenvalue weighted by Crippen LogP contribution is -2.35. The Morgan fingerprint density at radius 2 is 2.10 bits per heavy atom. The first kappa shape index (κ1) is 14.4. The van der Waals surface area contributed by atoms with E-state index in [1.807, 2.05) is 0 Å². The molecule has 0 aromatic heterocycles. The van der Waals surface area contributed by atoms with Gasteiger partial charge < -0.3 is 10.0 Å². The van der Waals surface area contributed by atoms with Crippen LogP contribution in [0.1, 0.15) is 50.2 Å². The van der Waals surface area contributed by atoms with E-state index >= 15 is 0 Å². The Bertz CT molecular complexity index is 520. The first-order valence-electron chi connectivity index (χ1n) is 8.27. The SMILES string of the molecule is CC(Cc1cccc2c1CCN2C1CCCCC1)C(=O)O. The molecule has 0 spiro atoms. The molecule has 1 N–H and O–H groups in total. The second-order valence-corrected chi connectivity index (χ2v) is 6.59. The second-order valence-electron chi connectivity index (χ2n) is 6.59. The van der Waals surface area contributed by atoms with Gasteiger partial charge in [-0.3, -0.25) is 4.79 Å². The Balaban J connectivity index is 1.81. The number of hydrogen-bond donors (Lipinski definition) is 1. The van der Waals surface area contributed by atoms with E-state index in [1.54, 1.807) is 6.92 Å². The fourth-order valence-corrected chi connectivity index (χ4v) is 3.91. The summed E-state index contributed by atoms with van der Waals surface area (Å²) in [6, 6.07) is 7.14. The molecule has 1 aliphatic carbocycles. The summed E-state index contributed by atoms with van der Waals surface area (Å²) < 4.78 is 0. The molecule has 1 aromatic rings. The van der Waals surface area contributed by atoms with Crippen LogP contribution in [-0.2, 0) is 17.6 Å². The van der Waals surface area contributed by atoms with E-state index in [2.05, 4.69) is 23.1 Å². The smallest absolute Gasteiger partial charge is 0.306 e. The van der Waals surface area contributed by atoms with Crippen molar-refractivity contribution in [1.29, 1.82) is 0 Å². The van der Waals surface area contributed by atoms with Crippen molar-refractivity contribution in [2.75, 3.05) is 11.4 Å². The lowest BCUT2D eigenvalue weighted by Gasteiger charge is -2.33. The lowest BCUT2D eigenvalue weighted by atomic mass is 9.93. The standard InChI is InChI=1S/C18H25NO2/c1-13(18(20)21)12-14-6-5-9-17-16(14)10-11-19(17)15-7-3-2-4-8-15/h5-6,9,13,15H,2-4,7-8,10-12H2,1H3,(H,20,21). The lowest BCUT2D eigenvalue weighted by molar-refractivity contribution is -0.141. The molecule has 0 radical (unpaired) electrons. The van der Waals surface area contributed by atoms with Gasteiger partial charge in [0.1, 0.15) is 0 Å². The van der Waals surface area contributed by atoms with Gasteiger partial charge in [0.2, 0.25) is 0 Å². The van der Waals surface area contributed by atoms with Crippen LogP contribution in [0, 0.1) is 5.92 Å². The van der Waals surface area contributed by atoms with E-state index < -0.39 is 5.97 Å². The monoisotopic (exact) mass is 287 g/mol. The van der Waals surface area contributed by atoms with Crippen LogP contribution in [0.15, 0.2) is 18.2 Å². The summed E-state index contributed by atoms with van der Waals surface area (Å²) in [6.45, 7) is 2.91. The summed E-state index contributed by atoms with van der Waals surface area (Å²) in [6.07, 6.45) is 8.45. The summed E-state index contributed by atoms with van der Waals surface area (Å²) in [7, 11) is 0. The van der Waals surface area contributed by atoms with Gasteiger partial charge in [0.05, 0.1) is 5.92 Å². The number of nitrogens with zero attached hydrogens (tertiary/aromatic N) is 1. The third-order valence-electron chi connectivity index (χ3n) is 5.12. The zero-order chi connectivity index (χ0) is 14.8. The van der Waals surface area contributed by atoms with Gasteiger partial charge in [0.15, 0.2) is 0 Å². The maximum absolute atomic E-state index is 11.1. The molecule has 1 unspecified atom stereocenters. The maximum atomic E-state index is 11.1. The average molecular weight is 287 g/mol. The van der Waals surface area contributed by atoms with Crippen molar-refractivity contribution < 1.29 is 9.90 Å². The third kappa shape index (κ3) is 2.92. The fraction of sp³-hybridized carbons (Fsp3) is 0.611. The van der Waals surface area contributed by atoms with Crippen molar-refractivity contribution in [3.05, 3.63) is 29.3 Å². The fourth-order valence-electron chi connectivity index (χ4n) is 3.91. The Labute approximate surface area is 127 Å². The summed E-state index contributed by atoms with van der Waals surface area (Å²) in [4.78, 5) is 13.7. The van der Waals surface area contributed by atoms with Crippen molar-refractivity contribution in [2.24, 2.45) is 5.92 Å². The molecule has 1 fully saturated rings. The minimum atomic E-state index is -0.699. The molecule has 114 valence electrons. The Kier molecular flexibility index (Phi) is 4.18. The molecule has 3 nitrogen and oxygen atoms in total. The average Bonchev–Trinajstić information content (AvgIpc) is 2.93. The number of anilines is 1. The predicted molar refractivity (Wildman–Crippen MR) is 84.9 cm³/mol. The van der Waals surface area contributed by atoms with Crippen LogP contribution in [0.3, 0.4) is 0 Å².